The Bertz CT molecular complexity index is 143. The van der Waals surface area contributed by atoms with Crippen molar-refractivity contribution in [3.8, 4) is 0 Å². The number of hydrogen-bond donors (Lipinski definition) is 0. The summed E-state index contributed by atoms with van der Waals surface area (Å²) in [4.78, 5) is 5.24. The average Bonchev–Trinajstić information content (AvgIpc) is 2.02. The monoisotopic (exact) mass is 168 g/mol. The molecular weight excluding hydrogens is 148 g/mol. The highest BCUT2D eigenvalue weighted by Gasteiger charge is 2.27. The molecule has 0 aromatic carbocycles. The van der Waals surface area contributed by atoms with Crippen LogP contribution in [0.3, 0.4) is 0 Å². The van der Waals surface area contributed by atoms with Gasteiger partial charge in [0.05, 0.1) is 0 Å². The number of rotatable bonds is 2. The summed E-state index contributed by atoms with van der Waals surface area (Å²) in [6.45, 7) is 8.91. The van der Waals surface area contributed by atoms with Crippen molar-refractivity contribution < 1.29 is 0 Å². The lowest BCUT2D eigenvalue weighted by Crippen LogP contribution is -2.52. The summed E-state index contributed by atoms with van der Waals surface area (Å²) < 4.78 is 0. The number of hydrogen-bond acceptors (Lipinski definition) is 2. The molecule has 12 heavy (non-hydrogen) atoms. The molecule has 2 rings (SSSR count). The van der Waals surface area contributed by atoms with Crippen LogP contribution in [0.25, 0.3) is 0 Å². The number of likely N-dealkylation sites (N-methyl/N-ethyl adjacent to an activating group) is 1. The van der Waals surface area contributed by atoms with Gasteiger partial charge in [-0.1, -0.05) is 6.92 Å². The average molecular weight is 168 g/mol. The van der Waals surface area contributed by atoms with Crippen LogP contribution >= 0.6 is 0 Å². The van der Waals surface area contributed by atoms with Crippen LogP contribution in [-0.2, 0) is 0 Å². The maximum absolute atomic E-state index is 2.65. The molecule has 0 spiro atoms. The third kappa shape index (κ3) is 1.64. The maximum atomic E-state index is 2.65. The number of likely N-dealkylation sites (tertiary alicyclic amines) is 2. The molecule has 0 radical (unpaired) electrons. The molecule has 0 bridgehead atoms. The zero-order valence-electron chi connectivity index (χ0n) is 8.13. The summed E-state index contributed by atoms with van der Waals surface area (Å²) in [5.74, 6) is 0. The molecule has 2 aliphatic rings. The van der Waals surface area contributed by atoms with E-state index in [0.717, 1.165) is 6.04 Å². The van der Waals surface area contributed by atoms with Gasteiger partial charge in [0.2, 0.25) is 0 Å². The third-order valence-corrected chi connectivity index (χ3v) is 3.33. The van der Waals surface area contributed by atoms with Crippen molar-refractivity contribution >= 4 is 0 Å². The van der Waals surface area contributed by atoms with Gasteiger partial charge in [-0.25, -0.2) is 0 Å². The molecule has 2 aliphatic heterocycles. The highest BCUT2D eigenvalue weighted by molar-refractivity contribution is 4.84. The van der Waals surface area contributed by atoms with Gasteiger partial charge in [-0.3, -0.25) is 4.90 Å². The second-order valence-corrected chi connectivity index (χ2v) is 4.08. The van der Waals surface area contributed by atoms with E-state index in [4.69, 9.17) is 0 Å². The molecular formula is C10H20N2. The smallest absolute Gasteiger partial charge is 0.0223 e. The molecule has 2 heteroatoms. The first-order valence-electron chi connectivity index (χ1n) is 5.36. The van der Waals surface area contributed by atoms with E-state index < -0.39 is 0 Å². The van der Waals surface area contributed by atoms with Gasteiger partial charge in [0.1, 0.15) is 0 Å². The van der Waals surface area contributed by atoms with Gasteiger partial charge in [-0.05, 0) is 45.4 Å². The van der Waals surface area contributed by atoms with Crippen LogP contribution in [0.15, 0.2) is 0 Å². The van der Waals surface area contributed by atoms with Crippen molar-refractivity contribution in [2.45, 2.75) is 32.2 Å². The molecule has 1 unspecified atom stereocenters. The molecule has 0 aromatic heterocycles. The predicted molar refractivity (Wildman–Crippen MR) is 51.3 cm³/mol. The lowest BCUT2D eigenvalue weighted by Gasteiger charge is -2.43. The minimum absolute atomic E-state index is 0.896. The molecule has 0 amide bonds. The number of nitrogens with zero attached hydrogens (tertiary/aromatic N) is 2. The fourth-order valence-electron chi connectivity index (χ4n) is 2.32. The summed E-state index contributed by atoms with van der Waals surface area (Å²) in [5, 5.41) is 0. The van der Waals surface area contributed by atoms with Gasteiger partial charge < -0.3 is 4.90 Å². The fraction of sp³-hybridized carbons (Fsp3) is 1.00. The quantitative estimate of drug-likeness (QED) is 0.611. The van der Waals surface area contributed by atoms with E-state index in [-0.39, 0.29) is 0 Å². The fourth-order valence-corrected chi connectivity index (χ4v) is 2.32. The van der Waals surface area contributed by atoms with E-state index in [9.17, 15) is 0 Å². The summed E-state index contributed by atoms with van der Waals surface area (Å²) >= 11 is 0. The summed E-state index contributed by atoms with van der Waals surface area (Å²) in [5.41, 5.74) is 0. The zero-order valence-corrected chi connectivity index (χ0v) is 8.13. The third-order valence-electron chi connectivity index (χ3n) is 3.33. The molecule has 1 atom stereocenters. The Labute approximate surface area is 75.5 Å². The van der Waals surface area contributed by atoms with E-state index in [1.165, 1.54) is 52.0 Å². The normalized spacial score (nSPS) is 33.2. The molecule has 2 nitrogen and oxygen atoms in total. The van der Waals surface area contributed by atoms with Crippen LogP contribution in [0.2, 0.25) is 0 Å². The molecule has 2 saturated heterocycles. The Morgan fingerprint density at radius 3 is 2.58 bits per heavy atom. The van der Waals surface area contributed by atoms with Crippen molar-refractivity contribution in [1.82, 2.24) is 9.80 Å². The molecule has 70 valence electrons. The van der Waals surface area contributed by atoms with Crippen LogP contribution < -0.4 is 0 Å². The first-order chi connectivity index (χ1) is 5.90. The molecule has 0 N–H and O–H groups in total. The number of piperidine rings is 1. The van der Waals surface area contributed by atoms with Gasteiger partial charge in [-0.15, -0.1) is 0 Å². The van der Waals surface area contributed by atoms with E-state index in [0.29, 0.717) is 0 Å². The minimum atomic E-state index is 0.896. The standard InChI is InChI=1S/C10H20N2/c1-2-11-6-3-5-10(9-11)12-7-4-8-12/h10H,2-9H2,1H3. The summed E-state index contributed by atoms with van der Waals surface area (Å²) in [7, 11) is 0. The second kappa shape index (κ2) is 3.75. The van der Waals surface area contributed by atoms with Crippen molar-refractivity contribution in [2.75, 3.05) is 32.7 Å². The Morgan fingerprint density at radius 1 is 1.17 bits per heavy atom. The van der Waals surface area contributed by atoms with E-state index in [1.54, 1.807) is 0 Å². The van der Waals surface area contributed by atoms with Crippen LogP contribution in [0, 0.1) is 0 Å². The molecule has 0 aromatic rings. The van der Waals surface area contributed by atoms with E-state index in [2.05, 4.69) is 16.7 Å². The van der Waals surface area contributed by atoms with Crippen molar-refractivity contribution in [3.63, 3.8) is 0 Å². The largest absolute Gasteiger partial charge is 0.302 e. The van der Waals surface area contributed by atoms with Gasteiger partial charge in [0.25, 0.3) is 0 Å². The van der Waals surface area contributed by atoms with Crippen LogP contribution in [0.5, 0.6) is 0 Å². The van der Waals surface area contributed by atoms with Gasteiger partial charge >= 0.3 is 0 Å². The lowest BCUT2D eigenvalue weighted by molar-refractivity contribution is 0.0567. The molecule has 2 heterocycles. The first kappa shape index (κ1) is 8.52. The second-order valence-electron chi connectivity index (χ2n) is 4.08. The van der Waals surface area contributed by atoms with Gasteiger partial charge in [0, 0.05) is 12.6 Å². The highest BCUT2D eigenvalue weighted by Crippen LogP contribution is 2.20. The Kier molecular flexibility index (Phi) is 2.66. The topological polar surface area (TPSA) is 6.48 Å². The lowest BCUT2D eigenvalue weighted by atomic mass is 10.0. The Morgan fingerprint density at radius 2 is 2.00 bits per heavy atom. The van der Waals surface area contributed by atoms with Gasteiger partial charge in [0.15, 0.2) is 0 Å². The summed E-state index contributed by atoms with van der Waals surface area (Å²) in [6.07, 6.45) is 4.29. The Balaban J connectivity index is 1.81. The van der Waals surface area contributed by atoms with E-state index >= 15 is 0 Å². The minimum Gasteiger partial charge on any atom is -0.302 e. The summed E-state index contributed by atoms with van der Waals surface area (Å²) in [6, 6.07) is 0.896. The van der Waals surface area contributed by atoms with Crippen LogP contribution in [0.4, 0.5) is 0 Å². The molecule has 2 fully saturated rings. The van der Waals surface area contributed by atoms with Crippen molar-refractivity contribution in [2.24, 2.45) is 0 Å². The van der Waals surface area contributed by atoms with Gasteiger partial charge in [-0.2, -0.15) is 0 Å². The zero-order chi connectivity index (χ0) is 8.39. The predicted octanol–water partition coefficient (Wildman–Crippen LogP) is 1.18. The Hall–Kier alpha value is -0.0800. The van der Waals surface area contributed by atoms with Crippen LogP contribution in [0.1, 0.15) is 26.2 Å². The van der Waals surface area contributed by atoms with Crippen LogP contribution in [-0.4, -0.2) is 48.6 Å². The highest BCUT2D eigenvalue weighted by atomic mass is 15.3. The SMILES string of the molecule is CCN1CCCC(N2CCC2)C1. The van der Waals surface area contributed by atoms with Crippen molar-refractivity contribution in [3.05, 3.63) is 0 Å². The van der Waals surface area contributed by atoms with Crippen molar-refractivity contribution in [1.29, 1.82) is 0 Å². The van der Waals surface area contributed by atoms with E-state index in [1.807, 2.05) is 0 Å². The molecule has 0 aliphatic carbocycles. The first-order valence-corrected chi connectivity index (χ1v) is 5.36. The molecule has 0 saturated carbocycles. The maximum Gasteiger partial charge on any atom is 0.0223 e.